The van der Waals surface area contributed by atoms with E-state index in [1.807, 2.05) is 7.05 Å². The summed E-state index contributed by atoms with van der Waals surface area (Å²) in [5, 5.41) is 11.6. The maximum absolute atomic E-state index is 10.5. The summed E-state index contributed by atoms with van der Waals surface area (Å²) < 4.78 is 0. The standard InChI is InChI=1S/C7H14N2O2/c1-5-3-8-6(7(10)11)4-9(5)2/h5-6,8H,3-4H2,1-2H3,(H,10,11). The molecule has 4 nitrogen and oxygen atoms in total. The van der Waals surface area contributed by atoms with E-state index in [1.165, 1.54) is 0 Å². The third-order valence-electron chi connectivity index (χ3n) is 2.18. The van der Waals surface area contributed by atoms with Crippen molar-refractivity contribution >= 4 is 5.97 Å². The number of piperazine rings is 1. The van der Waals surface area contributed by atoms with Crippen molar-refractivity contribution in [3.63, 3.8) is 0 Å². The van der Waals surface area contributed by atoms with Crippen molar-refractivity contribution in [3.05, 3.63) is 0 Å². The van der Waals surface area contributed by atoms with Gasteiger partial charge >= 0.3 is 5.97 Å². The van der Waals surface area contributed by atoms with Crippen molar-refractivity contribution in [2.24, 2.45) is 0 Å². The molecule has 0 spiro atoms. The van der Waals surface area contributed by atoms with Crippen LogP contribution in [0, 0.1) is 0 Å². The highest BCUT2D eigenvalue weighted by Crippen LogP contribution is 2.02. The highest BCUT2D eigenvalue weighted by Gasteiger charge is 2.26. The van der Waals surface area contributed by atoms with Crippen molar-refractivity contribution in [2.75, 3.05) is 20.1 Å². The van der Waals surface area contributed by atoms with Crippen LogP contribution in [-0.4, -0.2) is 48.2 Å². The lowest BCUT2D eigenvalue weighted by atomic mass is 10.1. The van der Waals surface area contributed by atoms with Crippen molar-refractivity contribution in [1.29, 1.82) is 0 Å². The Kier molecular flexibility index (Phi) is 2.46. The molecule has 0 aromatic carbocycles. The molecule has 0 aliphatic carbocycles. The molecule has 0 aromatic rings. The number of carbonyl (C=O) groups is 1. The van der Waals surface area contributed by atoms with Crippen LogP contribution in [0.1, 0.15) is 6.92 Å². The van der Waals surface area contributed by atoms with Gasteiger partial charge in [-0.15, -0.1) is 0 Å². The Morgan fingerprint density at radius 3 is 2.82 bits per heavy atom. The first kappa shape index (κ1) is 8.49. The van der Waals surface area contributed by atoms with Gasteiger partial charge in [-0.2, -0.15) is 0 Å². The van der Waals surface area contributed by atoms with Crippen LogP contribution in [0.3, 0.4) is 0 Å². The molecule has 1 aliphatic rings. The Hall–Kier alpha value is -0.610. The van der Waals surface area contributed by atoms with Crippen molar-refractivity contribution < 1.29 is 9.90 Å². The van der Waals surface area contributed by atoms with E-state index >= 15 is 0 Å². The predicted octanol–water partition coefficient (Wildman–Crippen LogP) is -0.637. The Morgan fingerprint density at radius 1 is 1.73 bits per heavy atom. The summed E-state index contributed by atoms with van der Waals surface area (Å²) in [6.45, 7) is 3.43. The number of carboxylic acid groups (broad SMARTS) is 1. The molecule has 1 saturated heterocycles. The van der Waals surface area contributed by atoms with Crippen LogP contribution < -0.4 is 5.32 Å². The molecule has 1 aliphatic heterocycles. The first-order chi connectivity index (χ1) is 5.11. The number of hydrogen-bond acceptors (Lipinski definition) is 3. The fraction of sp³-hybridized carbons (Fsp3) is 0.857. The van der Waals surface area contributed by atoms with E-state index in [2.05, 4.69) is 17.1 Å². The van der Waals surface area contributed by atoms with E-state index in [-0.39, 0.29) is 0 Å². The summed E-state index contributed by atoms with van der Waals surface area (Å²) in [4.78, 5) is 12.6. The topological polar surface area (TPSA) is 52.6 Å². The van der Waals surface area contributed by atoms with Crippen molar-refractivity contribution in [3.8, 4) is 0 Å². The number of likely N-dealkylation sites (N-methyl/N-ethyl adjacent to an activating group) is 1. The summed E-state index contributed by atoms with van der Waals surface area (Å²) >= 11 is 0. The molecule has 1 heterocycles. The molecule has 2 unspecified atom stereocenters. The first-order valence-electron chi connectivity index (χ1n) is 3.77. The zero-order valence-corrected chi connectivity index (χ0v) is 6.87. The SMILES string of the molecule is CC1CNC(C(=O)O)CN1C. The first-order valence-corrected chi connectivity index (χ1v) is 3.77. The lowest BCUT2D eigenvalue weighted by Crippen LogP contribution is -2.56. The minimum atomic E-state index is -0.760. The average molecular weight is 158 g/mol. The van der Waals surface area contributed by atoms with Gasteiger partial charge in [-0.05, 0) is 14.0 Å². The molecule has 0 radical (unpaired) electrons. The summed E-state index contributed by atoms with van der Waals surface area (Å²) in [5.41, 5.74) is 0. The molecule has 11 heavy (non-hydrogen) atoms. The molecule has 2 atom stereocenters. The van der Waals surface area contributed by atoms with Gasteiger partial charge < -0.3 is 15.3 Å². The molecule has 0 amide bonds. The van der Waals surface area contributed by atoms with Crippen LogP contribution >= 0.6 is 0 Å². The minimum Gasteiger partial charge on any atom is -0.480 e. The normalized spacial score (nSPS) is 33.6. The molecule has 2 N–H and O–H groups in total. The zero-order chi connectivity index (χ0) is 8.43. The van der Waals surface area contributed by atoms with Gasteiger partial charge in [-0.1, -0.05) is 0 Å². The van der Waals surface area contributed by atoms with Crippen molar-refractivity contribution in [1.82, 2.24) is 10.2 Å². The van der Waals surface area contributed by atoms with Crippen molar-refractivity contribution in [2.45, 2.75) is 19.0 Å². The van der Waals surface area contributed by atoms with Gasteiger partial charge in [0.05, 0.1) is 0 Å². The fourth-order valence-electron chi connectivity index (χ4n) is 1.17. The average Bonchev–Trinajstić information content (AvgIpc) is 1.94. The van der Waals surface area contributed by atoms with Crippen LogP contribution in [-0.2, 0) is 4.79 Å². The maximum atomic E-state index is 10.5. The molecule has 0 bridgehead atoms. The summed E-state index contributed by atoms with van der Waals surface area (Å²) in [7, 11) is 1.95. The van der Waals surface area contributed by atoms with Crippen LogP contribution in [0.4, 0.5) is 0 Å². The second kappa shape index (κ2) is 3.19. The smallest absolute Gasteiger partial charge is 0.322 e. The summed E-state index contributed by atoms with van der Waals surface area (Å²) in [5.74, 6) is -0.760. The van der Waals surface area contributed by atoms with E-state index in [4.69, 9.17) is 5.11 Å². The quantitative estimate of drug-likeness (QED) is 0.533. The van der Waals surface area contributed by atoms with Gasteiger partial charge in [0.1, 0.15) is 6.04 Å². The van der Waals surface area contributed by atoms with Crippen LogP contribution in [0.5, 0.6) is 0 Å². The Bertz CT molecular complexity index is 161. The molecule has 0 saturated carbocycles. The molecule has 1 rings (SSSR count). The Labute approximate surface area is 66.2 Å². The van der Waals surface area contributed by atoms with Gasteiger partial charge in [-0.25, -0.2) is 0 Å². The Balaban J connectivity index is 2.46. The number of aliphatic carboxylic acids is 1. The highest BCUT2D eigenvalue weighted by molar-refractivity contribution is 5.73. The molecule has 1 fully saturated rings. The van der Waals surface area contributed by atoms with E-state index < -0.39 is 12.0 Å². The van der Waals surface area contributed by atoms with E-state index in [9.17, 15) is 4.79 Å². The third-order valence-corrected chi connectivity index (χ3v) is 2.18. The van der Waals surface area contributed by atoms with Crippen LogP contribution in [0.25, 0.3) is 0 Å². The second-order valence-electron chi connectivity index (χ2n) is 3.09. The maximum Gasteiger partial charge on any atom is 0.322 e. The molecular formula is C7H14N2O2. The largest absolute Gasteiger partial charge is 0.480 e. The number of nitrogens with zero attached hydrogens (tertiary/aromatic N) is 1. The molecular weight excluding hydrogens is 144 g/mol. The Morgan fingerprint density at radius 2 is 2.36 bits per heavy atom. The monoisotopic (exact) mass is 158 g/mol. The number of nitrogens with one attached hydrogen (secondary N) is 1. The van der Waals surface area contributed by atoms with Crippen LogP contribution in [0.2, 0.25) is 0 Å². The third kappa shape index (κ3) is 1.91. The fourth-order valence-corrected chi connectivity index (χ4v) is 1.17. The lowest BCUT2D eigenvalue weighted by Gasteiger charge is -2.34. The van der Waals surface area contributed by atoms with Gasteiger partial charge in [0.15, 0.2) is 0 Å². The molecule has 64 valence electrons. The van der Waals surface area contributed by atoms with Gasteiger partial charge in [0.2, 0.25) is 0 Å². The minimum absolute atomic E-state index is 0.392. The molecule has 4 heteroatoms. The second-order valence-corrected chi connectivity index (χ2v) is 3.09. The summed E-state index contributed by atoms with van der Waals surface area (Å²) in [6.07, 6.45) is 0. The lowest BCUT2D eigenvalue weighted by molar-refractivity contribution is -0.140. The predicted molar refractivity (Wildman–Crippen MR) is 41.5 cm³/mol. The van der Waals surface area contributed by atoms with Gasteiger partial charge in [0.25, 0.3) is 0 Å². The highest BCUT2D eigenvalue weighted by atomic mass is 16.4. The zero-order valence-electron chi connectivity index (χ0n) is 6.87. The van der Waals surface area contributed by atoms with E-state index in [1.54, 1.807) is 0 Å². The molecule has 0 aromatic heterocycles. The van der Waals surface area contributed by atoms with Gasteiger partial charge in [0, 0.05) is 19.1 Å². The summed E-state index contributed by atoms with van der Waals surface area (Å²) in [6, 6.07) is 0.0433. The number of rotatable bonds is 1. The van der Waals surface area contributed by atoms with E-state index in [0.29, 0.717) is 12.6 Å². The van der Waals surface area contributed by atoms with Gasteiger partial charge in [-0.3, -0.25) is 4.79 Å². The number of hydrogen-bond donors (Lipinski definition) is 2. The number of carboxylic acids is 1. The van der Waals surface area contributed by atoms with Crippen LogP contribution in [0.15, 0.2) is 0 Å². The van der Waals surface area contributed by atoms with E-state index in [0.717, 1.165) is 6.54 Å².